The summed E-state index contributed by atoms with van der Waals surface area (Å²) in [4.78, 5) is 11.8. The van der Waals surface area contributed by atoms with E-state index in [9.17, 15) is 4.79 Å². The fraction of sp³-hybridized carbons (Fsp3) is 0.111. The Morgan fingerprint density at radius 3 is 2.75 bits per heavy atom. The Labute approximate surface area is 90.2 Å². The van der Waals surface area contributed by atoms with E-state index in [2.05, 4.69) is 31.3 Å². The maximum atomic E-state index is 11.8. The lowest BCUT2D eigenvalue weighted by Crippen LogP contribution is -2.32. The second-order valence-electron chi connectivity index (χ2n) is 3.38. The van der Waals surface area contributed by atoms with Gasteiger partial charge >= 0.3 is 0 Å². The van der Waals surface area contributed by atoms with Crippen molar-refractivity contribution in [2.75, 3.05) is 10.6 Å². The van der Waals surface area contributed by atoms with Crippen molar-refractivity contribution in [3.63, 3.8) is 0 Å². The quantitative estimate of drug-likeness (QED) is 0.637. The first-order valence-electron chi connectivity index (χ1n) is 4.74. The number of benzene rings is 1. The number of aromatic amines is 1. The highest BCUT2D eigenvalue weighted by Gasteiger charge is 2.29. The number of anilines is 2. The molecule has 1 aromatic carbocycles. The Morgan fingerprint density at radius 1 is 1.19 bits per heavy atom. The number of carbonyl (C=O) groups is 1. The Morgan fingerprint density at radius 2 is 2.00 bits per heavy atom. The van der Waals surface area contributed by atoms with Gasteiger partial charge < -0.3 is 10.6 Å². The topological polar surface area (TPSA) is 95.6 Å². The summed E-state index contributed by atoms with van der Waals surface area (Å²) in [5.41, 5.74) is 1.60. The zero-order chi connectivity index (χ0) is 11.0. The SMILES string of the molecule is O=C1Nc2ccccc2NC1c1nn[nH]n1. The van der Waals surface area contributed by atoms with Crippen molar-refractivity contribution < 1.29 is 4.79 Å². The average Bonchev–Trinajstić information content (AvgIpc) is 2.81. The lowest BCUT2D eigenvalue weighted by atomic mass is 10.1. The van der Waals surface area contributed by atoms with Crippen molar-refractivity contribution >= 4 is 17.3 Å². The van der Waals surface area contributed by atoms with E-state index in [4.69, 9.17) is 0 Å². The van der Waals surface area contributed by atoms with Crippen LogP contribution < -0.4 is 10.6 Å². The average molecular weight is 216 g/mol. The van der Waals surface area contributed by atoms with Gasteiger partial charge in [-0.3, -0.25) is 4.79 Å². The molecule has 0 spiro atoms. The number of hydrogen-bond donors (Lipinski definition) is 3. The number of rotatable bonds is 1. The Kier molecular flexibility index (Phi) is 1.82. The maximum absolute atomic E-state index is 11.8. The van der Waals surface area contributed by atoms with Gasteiger partial charge in [0.25, 0.3) is 5.91 Å². The predicted octanol–water partition coefficient (Wildman–Crippen LogP) is 0.305. The van der Waals surface area contributed by atoms with E-state index in [-0.39, 0.29) is 5.91 Å². The number of nitrogens with one attached hydrogen (secondary N) is 3. The van der Waals surface area contributed by atoms with Crippen molar-refractivity contribution in [2.24, 2.45) is 0 Å². The van der Waals surface area contributed by atoms with Crippen LogP contribution in [0.5, 0.6) is 0 Å². The first kappa shape index (κ1) is 8.84. The van der Waals surface area contributed by atoms with Crippen LogP contribution in [-0.2, 0) is 4.79 Å². The Hall–Kier alpha value is -2.44. The second kappa shape index (κ2) is 3.30. The van der Waals surface area contributed by atoms with Crippen molar-refractivity contribution in [1.29, 1.82) is 0 Å². The number of fused-ring (bicyclic) bond motifs is 1. The van der Waals surface area contributed by atoms with E-state index >= 15 is 0 Å². The number of aromatic nitrogens is 4. The molecular weight excluding hydrogens is 208 g/mol. The molecule has 0 fully saturated rings. The molecule has 1 amide bonds. The van der Waals surface area contributed by atoms with Crippen LogP contribution in [0.4, 0.5) is 11.4 Å². The molecule has 3 N–H and O–H groups in total. The molecule has 2 aromatic rings. The van der Waals surface area contributed by atoms with E-state index < -0.39 is 6.04 Å². The zero-order valence-electron chi connectivity index (χ0n) is 8.14. The van der Waals surface area contributed by atoms with Crippen LogP contribution in [0.2, 0.25) is 0 Å². The Bertz CT molecular complexity index is 523. The summed E-state index contributed by atoms with van der Waals surface area (Å²) in [6.45, 7) is 0. The van der Waals surface area contributed by atoms with Crippen LogP contribution in [0.3, 0.4) is 0 Å². The molecule has 1 aliphatic heterocycles. The fourth-order valence-electron chi connectivity index (χ4n) is 1.62. The van der Waals surface area contributed by atoms with Gasteiger partial charge in [0.15, 0.2) is 6.04 Å². The van der Waals surface area contributed by atoms with Gasteiger partial charge in [-0.05, 0) is 12.1 Å². The monoisotopic (exact) mass is 216 g/mol. The summed E-state index contributed by atoms with van der Waals surface area (Å²) in [6, 6.07) is 6.84. The molecule has 16 heavy (non-hydrogen) atoms. The van der Waals surface area contributed by atoms with Crippen molar-refractivity contribution in [2.45, 2.75) is 6.04 Å². The van der Waals surface area contributed by atoms with Gasteiger partial charge in [-0.25, -0.2) is 0 Å². The fourth-order valence-corrected chi connectivity index (χ4v) is 1.62. The molecule has 1 atom stereocenters. The van der Waals surface area contributed by atoms with Crippen molar-refractivity contribution in [3.05, 3.63) is 30.1 Å². The van der Waals surface area contributed by atoms with Crippen LogP contribution in [0.1, 0.15) is 11.9 Å². The molecule has 0 aliphatic carbocycles. The Balaban J connectivity index is 1.98. The summed E-state index contributed by atoms with van der Waals surface area (Å²) in [7, 11) is 0. The van der Waals surface area contributed by atoms with Gasteiger partial charge in [0.2, 0.25) is 5.82 Å². The van der Waals surface area contributed by atoms with E-state index in [0.29, 0.717) is 5.82 Å². The number of tetrazole rings is 1. The molecule has 3 rings (SSSR count). The minimum atomic E-state index is -0.603. The van der Waals surface area contributed by atoms with Gasteiger partial charge in [-0.2, -0.15) is 5.21 Å². The molecule has 0 radical (unpaired) electrons. The third-order valence-corrected chi connectivity index (χ3v) is 2.37. The van der Waals surface area contributed by atoms with E-state index in [1.54, 1.807) is 0 Å². The van der Waals surface area contributed by atoms with E-state index in [1.165, 1.54) is 0 Å². The van der Waals surface area contributed by atoms with Gasteiger partial charge in [0.1, 0.15) is 0 Å². The number of nitrogens with zero attached hydrogens (tertiary/aromatic N) is 3. The molecule has 0 saturated heterocycles. The number of H-pyrrole nitrogens is 1. The smallest absolute Gasteiger partial charge is 0.255 e. The molecule has 0 bridgehead atoms. The minimum Gasteiger partial charge on any atom is -0.366 e. The van der Waals surface area contributed by atoms with Crippen molar-refractivity contribution in [3.8, 4) is 0 Å². The van der Waals surface area contributed by atoms with Crippen LogP contribution >= 0.6 is 0 Å². The molecular formula is C9H8N6O. The molecule has 1 aliphatic rings. The van der Waals surface area contributed by atoms with Gasteiger partial charge in [-0.15, -0.1) is 10.2 Å². The van der Waals surface area contributed by atoms with Gasteiger partial charge in [-0.1, -0.05) is 17.3 Å². The van der Waals surface area contributed by atoms with E-state index in [1.807, 2.05) is 24.3 Å². The first-order chi connectivity index (χ1) is 7.84. The summed E-state index contributed by atoms with van der Waals surface area (Å²) in [5.74, 6) is 0.132. The summed E-state index contributed by atoms with van der Waals surface area (Å²) in [5, 5.41) is 19.2. The number of carbonyl (C=O) groups excluding carboxylic acids is 1. The zero-order valence-corrected chi connectivity index (χ0v) is 8.14. The van der Waals surface area contributed by atoms with Crippen molar-refractivity contribution in [1.82, 2.24) is 20.6 Å². The highest BCUT2D eigenvalue weighted by Crippen LogP contribution is 2.30. The van der Waals surface area contributed by atoms with Crippen LogP contribution in [0, 0.1) is 0 Å². The van der Waals surface area contributed by atoms with E-state index in [0.717, 1.165) is 11.4 Å². The number of hydrogen-bond acceptors (Lipinski definition) is 5. The first-order valence-corrected chi connectivity index (χ1v) is 4.74. The summed E-state index contributed by atoms with van der Waals surface area (Å²) in [6.07, 6.45) is 0. The standard InChI is InChI=1S/C9H8N6O/c16-9-7(8-12-14-15-13-8)10-5-3-1-2-4-6(5)11-9/h1-4,7,10H,(H,11,16)(H,12,13,14,15). The highest BCUT2D eigenvalue weighted by molar-refractivity contribution is 6.02. The summed E-state index contributed by atoms with van der Waals surface area (Å²) < 4.78 is 0. The third kappa shape index (κ3) is 1.29. The number of para-hydroxylation sites is 2. The molecule has 1 unspecified atom stereocenters. The van der Waals surface area contributed by atoms with Crippen LogP contribution in [0.25, 0.3) is 0 Å². The lowest BCUT2D eigenvalue weighted by molar-refractivity contribution is -0.117. The molecule has 7 nitrogen and oxygen atoms in total. The molecule has 2 heterocycles. The molecule has 7 heteroatoms. The van der Waals surface area contributed by atoms with Crippen LogP contribution in [-0.4, -0.2) is 26.5 Å². The largest absolute Gasteiger partial charge is 0.366 e. The molecule has 1 aromatic heterocycles. The predicted molar refractivity (Wildman–Crippen MR) is 55.6 cm³/mol. The molecule has 80 valence electrons. The highest BCUT2D eigenvalue weighted by atomic mass is 16.2. The number of amides is 1. The third-order valence-electron chi connectivity index (χ3n) is 2.37. The maximum Gasteiger partial charge on any atom is 0.255 e. The normalized spacial score (nSPS) is 18.5. The second-order valence-corrected chi connectivity index (χ2v) is 3.38. The van der Waals surface area contributed by atoms with Gasteiger partial charge in [0, 0.05) is 0 Å². The van der Waals surface area contributed by atoms with Gasteiger partial charge in [0.05, 0.1) is 11.4 Å². The molecule has 0 saturated carbocycles. The van der Waals surface area contributed by atoms with Crippen LogP contribution in [0.15, 0.2) is 24.3 Å². The minimum absolute atomic E-state index is 0.194. The lowest BCUT2D eigenvalue weighted by Gasteiger charge is -2.24. The summed E-state index contributed by atoms with van der Waals surface area (Å²) >= 11 is 0.